The van der Waals surface area contributed by atoms with Crippen LogP contribution in [0.5, 0.6) is 11.5 Å². The van der Waals surface area contributed by atoms with Crippen LogP contribution in [0.25, 0.3) is 0 Å². The van der Waals surface area contributed by atoms with Crippen molar-refractivity contribution in [3.05, 3.63) is 83.5 Å². The lowest BCUT2D eigenvalue weighted by molar-refractivity contribution is -0.119. The van der Waals surface area contributed by atoms with E-state index in [1.54, 1.807) is 20.5 Å². The summed E-state index contributed by atoms with van der Waals surface area (Å²) in [5.41, 5.74) is 3.78. The minimum absolute atomic E-state index is 0.000834. The van der Waals surface area contributed by atoms with E-state index in [4.69, 9.17) is 13.9 Å². The molecule has 1 aliphatic heterocycles. The summed E-state index contributed by atoms with van der Waals surface area (Å²) in [5.74, 6) is 1.84. The Labute approximate surface area is 223 Å². The van der Waals surface area contributed by atoms with Crippen LogP contribution in [0.3, 0.4) is 0 Å². The van der Waals surface area contributed by atoms with Crippen molar-refractivity contribution in [2.75, 3.05) is 24.4 Å². The van der Waals surface area contributed by atoms with Crippen molar-refractivity contribution in [1.82, 2.24) is 0 Å². The number of fused-ring (bicyclic) bond motifs is 1. The first-order chi connectivity index (χ1) is 18.5. The number of amides is 1. The van der Waals surface area contributed by atoms with Gasteiger partial charge < -0.3 is 19.2 Å². The number of carbonyl (C=O) groups is 2. The van der Waals surface area contributed by atoms with Gasteiger partial charge in [0.05, 0.1) is 37.9 Å². The number of benzene rings is 2. The molecule has 0 saturated carbocycles. The Balaban J connectivity index is 1.70. The van der Waals surface area contributed by atoms with Gasteiger partial charge in [0.2, 0.25) is 5.91 Å². The van der Waals surface area contributed by atoms with E-state index in [1.165, 1.54) is 0 Å². The fraction of sp³-hybridized carbons (Fsp3) is 0.355. The molecule has 5 rings (SSSR count). The van der Waals surface area contributed by atoms with Gasteiger partial charge >= 0.3 is 0 Å². The van der Waals surface area contributed by atoms with Gasteiger partial charge in [0.25, 0.3) is 0 Å². The van der Waals surface area contributed by atoms with Crippen molar-refractivity contribution in [3.8, 4) is 11.5 Å². The highest BCUT2D eigenvalue weighted by molar-refractivity contribution is 6.06. The first-order valence-corrected chi connectivity index (χ1v) is 13.2. The molecule has 0 spiro atoms. The average molecular weight is 515 g/mol. The molecular weight excluding hydrogens is 480 g/mol. The number of anilines is 2. The predicted molar refractivity (Wildman–Crippen MR) is 147 cm³/mol. The van der Waals surface area contributed by atoms with E-state index in [1.807, 2.05) is 59.5 Å². The summed E-state index contributed by atoms with van der Waals surface area (Å²) in [6.45, 7) is 2.12. The van der Waals surface area contributed by atoms with Gasteiger partial charge in [-0.15, -0.1) is 0 Å². The zero-order chi connectivity index (χ0) is 26.6. The maximum absolute atomic E-state index is 14.0. The summed E-state index contributed by atoms with van der Waals surface area (Å²) in [4.78, 5) is 29.8. The SMILES string of the molecule is CCCCCC(=O)N1c2ccccc2NC2=C(C(=O)CC(c3ccco3)C2)C1c1ccc(OC)c(OC)c1. The fourth-order valence-corrected chi connectivity index (χ4v) is 5.58. The second-order valence-corrected chi connectivity index (χ2v) is 9.82. The van der Waals surface area contributed by atoms with Gasteiger partial charge in [-0.2, -0.15) is 0 Å². The molecule has 1 aliphatic carbocycles. The molecule has 0 bridgehead atoms. The molecule has 1 amide bonds. The molecule has 38 heavy (non-hydrogen) atoms. The Hall–Kier alpha value is -4.00. The van der Waals surface area contributed by atoms with Crippen molar-refractivity contribution >= 4 is 23.1 Å². The Bertz CT molecular complexity index is 1340. The molecule has 2 unspecified atom stereocenters. The van der Waals surface area contributed by atoms with Gasteiger partial charge in [-0.1, -0.05) is 38.0 Å². The number of para-hydroxylation sites is 2. The maximum atomic E-state index is 14.0. The molecule has 3 aromatic rings. The van der Waals surface area contributed by atoms with E-state index in [0.29, 0.717) is 36.3 Å². The van der Waals surface area contributed by atoms with E-state index >= 15 is 0 Å². The highest BCUT2D eigenvalue weighted by Crippen LogP contribution is 2.48. The van der Waals surface area contributed by atoms with Crippen molar-refractivity contribution in [1.29, 1.82) is 0 Å². The predicted octanol–water partition coefficient (Wildman–Crippen LogP) is 6.78. The van der Waals surface area contributed by atoms with Gasteiger partial charge in [0, 0.05) is 30.0 Å². The molecule has 1 N–H and O–H groups in total. The number of hydrogen-bond donors (Lipinski definition) is 1. The summed E-state index contributed by atoms with van der Waals surface area (Å²) in [5, 5.41) is 3.55. The minimum atomic E-state index is -0.611. The van der Waals surface area contributed by atoms with Crippen LogP contribution in [0, 0.1) is 0 Å². The number of nitrogens with one attached hydrogen (secondary N) is 1. The Kier molecular flexibility index (Phi) is 7.54. The zero-order valence-corrected chi connectivity index (χ0v) is 22.2. The minimum Gasteiger partial charge on any atom is -0.493 e. The third kappa shape index (κ3) is 4.80. The normalized spacial score (nSPS) is 18.8. The molecule has 2 aromatic carbocycles. The number of furan rings is 1. The van der Waals surface area contributed by atoms with Crippen molar-refractivity contribution in [2.24, 2.45) is 0 Å². The lowest BCUT2D eigenvalue weighted by Gasteiger charge is -2.35. The van der Waals surface area contributed by atoms with Gasteiger partial charge in [-0.25, -0.2) is 0 Å². The number of allylic oxidation sites excluding steroid dienone is 1. The Morgan fingerprint density at radius 3 is 2.58 bits per heavy atom. The molecule has 0 radical (unpaired) electrons. The van der Waals surface area contributed by atoms with Crippen LogP contribution in [0.15, 0.2) is 76.5 Å². The second-order valence-electron chi connectivity index (χ2n) is 9.82. The van der Waals surface area contributed by atoms with E-state index in [9.17, 15) is 9.59 Å². The molecule has 7 heteroatoms. The van der Waals surface area contributed by atoms with Crippen molar-refractivity contribution in [3.63, 3.8) is 0 Å². The van der Waals surface area contributed by atoms with E-state index in [2.05, 4.69) is 12.2 Å². The molecule has 7 nitrogen and oxygen atoms in total. The molecular formula is C31H34N2O5. The van der Waals surface area contributed by atoms with Crippen molar-refractivity contribution in [2.45, 2.75) is 57.4 Å². The van der Waals surface area contributed by atoms with Crippen LogP contribution < -0.4 is 19.7 Å². The third-order valence-corrected chi connectivity index (χ3v) is 7.42. The Morgan fingerprint density at radius 1 is 1.03 bits per heavy atom. The molecule has 1 aromatic heterocycles. The summed E-state index contributed by atoms with van der Waals surface area (Å²) in [6, 6.07) is 16.6. The zero-order valence-electron chi connectivity index (χ0n) is 22.2. The number of rotatable bonds is 8. The number of ketones is 1. The lowest BCUT2D eigenvalue weighted by atomic mass is 9.80. The summed E-state index contributed by atoms with van der Waals surface area (Å²) in [7, 11) is 3.18. The van der Waals surface area contributed by atoms with E-state index in [-0.39, 0.29) is 17.6 Å². The molecule has 2 heterocycles. The molecule has 0 saturated heterocycles. The lowest BCUT2D eigenvalue weighted by Crippen LogP contribution is -2.38. The van der Waals surface area contributed by atoms with Gasteiger partial charge in [-0.3, -0.25) is 14.5 Å². The number of unbranched alkanes of at least 4 members (excludes halogenated alkanes) is 2. The summed E-state index contributed by atoms with van der Waals surface area (Å²) >= 11 is 0. The first kappa shape index (κ1) is 25.6. The number of nitrogens with zero attached hydrogens (tertiary/aromatic N) is 1. The summed E-state index contributed by atoms with van der Waals surface area (Å²) < 4.78 is 16.8. The molecule has 2 aliphatic rings. The quantitative estimate of drug-likeness (QED) is 0.334. The van der Waals surface area contributed by atoms with Crippen LogP contribution in [-0.2, 0) is 9.59 Å². The number of ether oxygens (including phenoxy) is 2. The second kappa shape index (κ2) is 11.2. The maximum Gasteiger partial charge on any atom is 0.227 e. The summed E-state index contributed by atoms with van der Waals surface area (Å²) in [6.07, 6.45) is 5.74. The fourth-order valence-electron chi connectivity index (χ4n) is 5.58. The van der Waals surface area contributed by atoms with Crippen molar-refractivity contribution < 1.29 is 23.5 Å². The van der Waals surface area contributed by atoms with E-state index in [0.717, 1.165) is 47.7 Å². The van der Waals surface area contributed by atoms with Gasteiger partial charge in [0.15, 0.2) is 17.3 Å². The first-order valence-electron chi connectivity index (χ1n) is 13.2. The molecule has 0 fully saturated rings. The van der Waals surface area contributed by atoms with Crippen LogP contribution in [0.1, 0.15) is 68.7 Å². The van der Waals surface area contributed by atoms with E-state index < -0.39 is 6.04 Å². The topological polar surface area (TPSA) is 81.0 Å². The Morgan fingerprint density at radius 2 is 1.84 bits per heavy atom. The average Bonchev–Trinajstić information content (AvgIpc) is 3.43. The van der Waals surface area contributed by atoms with Gasteiger partial charge in [0.1, 0.15) is 5.76 Å². The van der Waals surface area contributed by atoms with Crippen LogP contribution in [0.2, 0.25) is 0 Å². The van der Waals surface area contributed by atoms with Crippen LogP contribution in [0.4, 0.5) is 11.4 Å². The molecule has 198 valence electrons. The standard InChI is InChI=1S/C31H34N2O5/c1-4-5-6-13-29(35)33-24-11-8-7-10-22(24)32-23-17-21(26-12-9-16-38-26)18-25(34)30(23)31(33)20-14-15-27(36-2)28(19-20)37-3/h7-12,14-16,19,21,31-32H,4-6,13,17-18H2,1-3H3. The number of hydrogen-bond acceptors (Lipinski definition) is 6. The van der Waals surface area contributed by atoms with Crippen LogP contribution in [-0.4, -0.2) is 25.9 Å². The largest absolute Gasteiger partial charge is 0.493 e. The number of Topliss-reactive ketones (excluding diaryl/α,β-unsaturated/α-hetero) is 1. The third-order valence-electron chi connectivity index (χ3n) is 7.42. The number of carbonyl (C=O) groups excluding carboxylic acids is 2. The van der Waals surface area contributed by atoms with Crippen LogP contribution >= 0.6 is 0 Å². The number of methoxy groups -OCH3 is 2. The highest BCUT2D eigenvalue weighted by atomic mass is 16.5. The molecule has 2 atom stereocenters. The smallest absolute Gasteiger partial charge is 0.227 e. The monoisotopic (exact) mass is 514 g/mol. The highest BCUT2D eigenvalue weighted by Gasteiger charge is 2.42. The van der Waals surface area contributed by atoms with Gasteiger partial charge in [-0.05, 0) is 54.8 Å².